The zero-order valence-corrected chi connectivity index (χ0v) is 24.8. The Morgan fingerprint density at radius 2 is 1.93 bits per heavy atom. The first-order chi connectivity index (χ1) is 20.3. The summed E-state index contributed by atoms with van der Waals surface area (Å²) in [4.78, 5) is 37.5. The van der Waals surface area contributed by atoms with Crippen LogP contribution < -0.4 is 15.1 Å². The molecule has 42 heavy (non-hydrogen) atoms. The van der Waals surface area contributed by atoms with E-state index >= 15 is 0 Å². The summed E-state index contributed by atoms with van der Waals surface area (Å²) in [5.74, 6) is -0.181. The molecule has 0 bridgehead atoms. The van der Waals surface area contributed by atoms with Gasteiger partial charge in [-0.15, -0.1) is 11.3 Å². The van der Waals surface area contributed by atoms with E-state index in [4.69, 9.17) is 9.72 Å². The van der Waals surface area contributed by atoms with Gasteiger partial charge in [-0.25, -0.2) is 9.37 Å². The van der Waals surface area contributed by atoms with E-state index in [0.717, 1.165) is 52.5 Å². The molecule has 4 aromatic rings. The van der Waals surface area contributed by atoms with Gasteiger partial charge in [0.25, 0.3) is 11.8 Å². The summed E-state index contributed by atoms with van der Waals surface area (Å²) < 4.78 is 19.8. The fraction of sp³-hybridized carbons (Fsp3) is 0.303. The fourth-order valence-corrected chi connectivity index (χ4v) is 7.02. The molecule has 7 nitrogen and oxygen atoms in total. The number of thiophene rings is 1. The van der Waals surface area contributed by atoms with Gasteiger partial charge < -0.3 is 19.9 Å². The van der Waals surface area contributed by atoms with Gasteiger partial charge in [0.15, 0.2) is 0 Å². The van der Waals surface area contributed by atoms with Gasteiger partial charge in [0.1, 0.15) is 17.3 Å². The summed E-state index contributed by atoms with van der Waals surface area (Å²) in [5.41, 5.74) is 4.95. The number of anilines is 3. The standard InChI is InChI=1S/C33H33FN4O3S/c1-20-12-13-24-27(17-20)38(33(40)26-10-5-11-29(35-26)37-15-6-8-23(37)19-41-3)16-14-22-18-28(42-31(22)24)32(39)36-30-21(2)7-4-9-25(30)34/h4-5,7,9-13,17-18,23H,6,8,14-16,19H2,1-3H3,(H,36,39)/t23-/m1/s1. The first-order valence-corrected chi connectivity index (χ1v) is 15.0. The highest BCUT2D eigenvalue weighted by Gasteiger charge is 2.30. The number of methoxy groups -OCH3 is 1. The smallest absolute Gasteiger partial charge is 0.276 e. The van der Waals surface area contributed by atoms with E-state index in [1.54, 1.807) is 37.1 Å². The molecule has 216 valence electrons. The number of ether oxygens (including phenoxy) is 1. The van der Waals surface area contributed by atoms with Gasteiger partial charge in [-0.05, 0) is 80.1 Å². The van der Waals surface area contributed by atoms with Crippen molar-refractivity contribution in [1.29, 1.82) is 0 Å². The molecule has 0 radical (unpaired) electrons. The van der Waals surface area contributed by atoms with Crippen LogP contribution in [-0.2, 0) is 11.2 Å². The average Bonchev–Trinajstić information content (AvgIpc) is 3.60. The van der Waals surface area contributed by atoms with Crippen LogP contribution in [-0.4, -0.2) is 49.6 Å². The Morgan fingerprint density at radius 1 is 1.10 bits per heavy atom. The fourth-order valence-electron chi connectivity index (χ4n) is 5.88. The van der Waals surface area contributed by atoms with Crippen molar-refractivity contribution < 1.29 is 18.7 Å². The third kappa shape index (κ3) is 5.30. The van der Waals surface area contributed by atoms with E-state index in [9.17, 15) is 14.0 Å². The predicted molar refractivity (Wildman–Crippen MR) is 165 cm³/mol. The molecule has 1 atom stereocenters. The molecule has 2 aromatic carbocycles. The largest absolute Gasteiger partial charge is 0.383 e. The second kappa shape index (κ2) is 11.7. The van der Waals surface area contributed by atoms with Crippen LogP contribution >= 0.6 is 11.3 Å². The molecule has 0 unspecified atom stereocenters. The number of rotatable bonds is 6. The van der Waals surface area contributed by atoms with E-state index in [2.05, 4.69) is 10.2 Å². The second-order valence-electron chi connectivity index (χ2n) is 10.9. The summed E-state index contributed by atoms with van der Waals surface area (Å²) in [5, 5.41) is 2.75. The Hall–Kier alpha value is -4.08. The number of fused-ring (bicyclic) bond motifs is 3. The lowest BCUT2D eigenvalue weighted by Gasteiger charge is -2.26. The van der Waals surface area contributed by atoms with Crippen LogP contribution in [0.5, 0.6) is 0 Å². The third-order valence-electron chi connectivity index (χ3n) is 8.02. The van der Waals surface area contributed by atoms with Gasteiger partial charge in [0, 0.05) is 30.6 Å². The number of hydrogen-bond donors (Lipinski definition) is 1. The minimum Gasteiger partial charge on any atom is -0.383 e. The molecular formula is C33H33FN4O3S. The topological polar surface area (TPSA) is 74.8 Å². The van der Waals surface area contributed by atoms with E-state index in [1.165, 1.54) is 17.4 Å². The molecule has 2 aliphatic rings. The number of amides is 2. The zero-order chi connectivity index (χ0) is 29.4. The number of benzene rings is 2. The maximum Gasteiger partial charge on any atom is 0.276 e. The average molecular weight is 585 g/mol. The maximum absolute atomic E-state index is 14.4. The van der Waals surface area contributed by atoms with Crippen molar-refractivity contribution in [2.75, 3.05) is 41.9 Å². The van der Waals surface area contributed by atoms with Crippen LogP contribution in [0.4, 0.5) is 21.6 Å². The first-order valence-electron chi connectivity index (χ1n) is 14.2. The summed E-state index contributed by atoms with van der Waals surface area (Å²) >= 11 is 1.36. The monoisotopic (exact) mass is 584 g/mol. The second-order valence-corrected chi connectivity index (χ2v) is 12.0. The van der Waals surface area contributed by atoms with Crippen LogP contribution in [0, 0.1) is 19.7 Å². The van der Waals surface area contributed by atoms with Crippen molar-refractivity contribution >= 4 is 40.3 Å². The minimum absolute atomic E-state index is 0.158. The number of carbonyl (C=O) groups is 2. The molecule has 0 aliphatic carbocycles. The molecule has 2 aliphatic heterocycles. The quantitative estimate of drug-likeness (QED) is 0.275. The Morgan fingerprint density at radius 3 is 2.74 bits per heavy atom. The molecule has 2 amide bonds. The molecule has 0 spiro atoms. The number of aryl methyl sites for hydroxylation is 2. The summed E-state index contributed by atoms with van der Waals surface area (Å²) in [6.45, 7) is 5.72. The molecule has 6 rings (SSSR count). The van der Waals surface area contributed by atoms with Crippen LogP contribution in [0.1, 0.15) is 49.7 Å². The van der Waals surface area contributed by atoms with Crippen LogP contribution in [0.3, 0.4) is 0 Å². The molecule has 1 fully saturated rings. The number of para-hydroxylation sites is 1. The lowest BCUT2D eigenvalue weighted by atomic mass is 10.1. The van der Waals surface area contributed by atoms with Crippen molar-refractivity contribution in [3.63, 3.8) is 0 Å². The Kier molecular flexibility index (Phi) is 7.79. The predicted octanol–water partition coefficient (Wildman–Crippen LogP) is 6.64. The summed E-state index contributed by atoms with van der Waals surface area (Å²) in [7, 11) is 1.71. The van der Waals surface area contributed by atoms with Crippen molar-refractivity contribution in [2.24, 2.45) is 0 Å². The normalized spacial score (nSPS) is 16.1. The van der Waals surface area contributed by atoms with E-state index < -0.39 is 5.82 Å². The Bertz CT molecular complexity index is 1650. The lowest BCUT2D eigenvalue weighted by Crippen LogP contribution is -2.35. The van der Waals surface area contributed by atoms with Crippen LogP contribution in [0.15, 0.2) is 60.7 Å². The molecule has 9 heteroatoms. The highest BCUT2D eigenvalue weighted by Crippen LogP contribution is 2.42. The molecule has 4 heterocycles. The van der Waals surface area contributed by atoms with Gasteiger partial charge >= 0.3 is 0 Å². The Labute approximate surface area is 249 Å². The SMILES string of the molecule is COC[C@H]1CCCN1c1cccc(C(=O)N2CCc3cc(C(=O)Nc4c(C)cccc4F)sc3-c3ccc(C)cc32)n1. The van der Waals surface area contributed by atoms with Crippen LogP contribution in [0.25, 0.3) is 10.4 Å². The van der Waals surface area contributed by atoms with E-state index in [0.29, 0.717) is 35.7 Å². The Balaban J connectivity index is 1.31. The van der Waals surface area contributed by atoms with Gasteiger partial charge in [0.2, 0.25) is 0 Å². The van der Waals surface area contributed by atoms with Crippen LogP contribution in [0.2, 0.25) is 0 Å². The highest BCUT2D eigenvalue weighted by atomic mass is 32.1. The zero-order valence-electron chi connectivity index (χ0n) is 23.9. The number of nitrogens with one attached hydrogen (secondary N) is 1. The molecule has 1 N–H and O–H groups in total. The van der Waals surface area contributed by atoms with Crippen molar-refractivity contribution in [1.82, 2.24) is 4.98 Å². The summed E-state index contributed by atoms with van der Waals surface area (Å²) in [6, 6.07) is 18.5. The first kappa shape index (κ1) is 28.1. The molecular weight excluding hydrogens is 551 g/mol. The number of pyridine rings is 1. The van der Waals surface area contributed by atoms with E-state index in [-0.39, 0.29) is 23.5 Å². The number of aromatic nitrogens is 1. The molecule has 2 aromatic heterocycles. The number of hydrogen-bond acceptors (Lipinski definition) is 6. The van der Waals surface area contributed by atoms with Crippen molar-refractivity contribution in [2.45, 2.75) is 39.2 Å². The summed E-state index contributed by atoms with van der Waals surface area (Å²) in [6.07, 6.45) is 2.67. The lowest BCUT2D eigenvalue weighted by molar-refractivity contribution is 0.0981. The van der Waals surface area contributed by atoms with Gasteiger partial charge in [-0.2, -0.15) is 0 Å². The van der Waals surface area contributed by atoms with Gasteiger partial charge in [0.05, 0.1) is 28.9 Å². The van der Waals surface area contributed by atoms with Gasteiger partial charge in [-0.1, -0.05) is 30.3 Å². The van der Waals surface area contributed by atoms with E-state index in [1.807, 2.05) is 43.3 Å². The third-order valence-corrected chi connectivity index (χ3v) is 9.23. The number of nitrogens with zero attached hydrogens (tertiary/aromatic N) is 3. The van der Waals surface area contributed by atoms with Crippen molar-refractivity contribution in [3.05, 3.63) is 93.7 Å². The number of halogens is 1. The molecule has 1 saturated heterocycles. The number of carbonyl (C=O) groups excluding carboxylic acids is 2. The van der Waals surface area contributed by atoms with Gasteiger partial charge in [-0.3, -0.25) is 9.59 Å². The highest BCUT2D eigenvalue weighted by molar-refractivity contribution is 7.17. The van der Waals surface area contributed by atoms with Crippen molar-refractivity contribution in [3.8, 4) is 10.4 Å². The molecule has 0 saturated carbocycles. The maximum atomic E-state index is 14.4. The minimum atomic E-state index is -0.465.